The molecule has 0 aliphatic carbocycles. The summed E-state index contributed by atoms with van der Waals surface area (Å²) in [4.78, 5) is 27.6. The number of hydrogen-bond donors (Lipinski definition) is 1. The molecule has 2 aromatic carbocycles. The number of amides is 2. The van der Waals surface area contributed by atoms with Crippen LogP contribution in [0.25, 0.3) is 0 Å². The second kappa shape index (κ2) is 11.9. The molecule has 0 saturated heterocycles. The lowest BCUT2D eigenvalue weighted by atomic mass is 10.1. The van der Waals surface area contributed by atoms with Gasteiger partial charge < -0.3 is 10.2 Å². The average Bonchev–Trinajstić information content (AvgIpc) is 2.81. The van der Waals surface area contributed by atoms with Gasteiger partial charge in [-0.2, -0.15) is 12.7 Å². The Balaban J connectivity index is 2.43. The van der Waals surface area contributed by atoms with E-state index in [4.69, 9.17) is 0 Å². The zero-order valence-electron chi connectivity index (χ0n) is 20.2. The Kier molecular flexibility index (Phi) is 9.57. The van der Waals surface area contributed by atoms with E-state index in [0.717, 1.165) is 8.61 Å². The Morgan fingerprint density at radius 2 is 1.59 bits per heavy atom. The Labute approximate surface area is 201 Å². The van der Waals surface area contributed by atoms with Crippen LogP contribution in [0.5, 0.6) is 0 Å². The lowest BCUT2D eigenvalue weighted by Gasteiger charge is -2.33. The highest BCUT2D eigenvalue weighted by molar-refractivity contribution is 7.90. The van der Waals surface area contributed by atoms with Crippen molar-refractivity contribution in [1.29, 1.82) is 0 Å². The standard InChI is InChI=1S/C24H33FN4O4S/c1-6-18(2)26-24(31)19(3)28(16-20-12-10-11-15-22(20)25)23(30)17-29(34(32,33)27(4)5)21-13-8-7-9-14-21/h7-15,18-19H,6,16-17H2,1-5H3,(H,26,31)/t18-,19+/m1/s1. The van der Waals surface area contributed by atoms with Crippen molar-refractivity contribution < 1.29 is 22.4 Å². The summed E-state index contributed by atoms with van der Waals surface area (Å²) >= 11 is 0. The molecule has 2 atom stereocenters. The Hall–Kier alpha value is -2.98. The van der Waals surface area contributed by atoms with Crippen molar-refractivity contribution in [3.8, 4) is 0 Å². The molecule has 2 aromatic rings. The molecule has 0 saturated carbocycles. The summed E-state index contributed by atoms with van der Waals surface area (Å²) in [6, 6.07) is 13.1. The Morgan fingerprint density at radius 1 is 1.00 bits per heavy atom. The zero-order valence-corrected chi connectivity index (χ0v) is 21.0. The van der Waals surface area contributed by atoms with Gasteiger partial charge in [0.25, 0.3) is 0 Å². The van der Waals surface area contributed by atoms with E-state index in [2.05, 4.69) is 5.32 Å². The molecule has 0 bridgehead atoms. The van der Waals surface area contributed by atoms with Gasteiger partial charge in [0.2, 0.25) is 11.8 Å². The van der Waals surface area contributed by atoms with Gasteiger partial charge in [0.05, 0.1) is 5.69 Å². The van der Waals surface area contributed by atoms with Crippen LogP contribution in [0.15, 0.2) is 54.6 Å². The highest BCUT2D eigenvalue weighted by atomic mass is 32.2. The van der Waals surface area contributed by atoms with Crippen molar-refractivity contribution in [1.82, 2.24) is 14.5 Å². The van der Waals surface area contributed by atoms with Gasteiger partial charge >= 0.3 is 10.2 Å². The minimum Gasteiger partial charge on any atom is -0.352 e. The van der Waals surface area contributed by atoms with E-state index in [1.807, 2.05) is 13.8 Å². The van der Waals surface area contributed by atoms with Gasteiger partial charge in [-0.15, -0.1) is 0 Å². The van der Waals surface area contributed by atoms with Gasteiger partial charge in [-0.25, -0.2) is 8.70 Å². The first-order valence-corrected chi connectivity index (χ1v) is 12.5. The van der Waals surface area contributed by atoms with Crippen LogP contribution in [0.1, 0.15) is 32.8 Å². The molecule has 0 unspecified atom stereocenters. The Morgan fingerprint density at radius 3 is 2.15 bits per heavy atom. The van der Waals surface area contributed by atoms with E-state index in [1.165, 1.54) is 37.2 Å². The van der Waals surface area contributed by atoms with Crippen LogP contribution in [0.2, 0.25) is 0 Å². The fourth-order valence-electron chi connectivity index (χ4n) is 3.17. The summed E-state index contributed by atoms with van der Waals surface area (Å²) < 4.78 is 42.5. The molecular weight excluding hydrogens is 459 g/mol. The topological polar surface area (TPSA) is 90.0 Å². The summed E-state index contributed by atoms with van der Waals surface area (Å²) in [6.45, 7) is 4.56. The predicted octanol–water partition coefficient (Wildman–Crippen LogP) is 2.77. The molecule has 0 aliphatic rings. The second-order valence-corrected chi connectivity index (χ2v) is 10.3. The van der Waals surface area contributed by atoms with Crippen LogP contribution in [-0.4, -0.2) is 62.2 Å². The highest BCUT2D eigenvalue weighted by Gasteiger charge is 2.33. The van der Waals surface area contributed by atoms with Gasteiger partial charge in [-0.1, -0.05) is 43.3 Å². The number of carbonyl (C=O) groups excluding carboxylic acids is 2. The summed E-state index contributed by atoms with van der Waals surface area (Å²) in [5.74, 6) is -1.55. The third kappa shape index (κ3) is 6.77. The minimum absolute atomic E-state index is 0.115. The minimum atomic E-state index is -4.03. The summed E-state index contributed by atoms with van der Waals surface area (Å²) in [5, 5.41) is 2.83. The monoisotopic (exact) mass is 492 g/mol. The zero-order chi connectivity index (χ0) is 25.5. The van der Waals surface area contributed by atoms with E-state index in [9.17, 15) is 22.4 Å². The number of hydrogen-bond acceptors (Lipinski definition) is 4. The average molecular weight is 493 g/mol. The number of nitrogens with zero attached hydrogens (tertiary/aromatic N) is 3. The fraction of sp³-hybridized carbons (Fsp3) is 0.417. The predicted molar refractivity (Wildman–Crippen MR) is 131 cm³/mol. The van der Waals surface area contributed by atoms with Crippen LogP contribution in [0.3, 0.4) is 0 Å². The number of benzene rings is 2. The molecule has 0 spiro atoms. The van der Waals surface area contributed by atoms with Gasteiger partial charge in [-0.3, -0.25) is 9.59 Å². The van der Waals surface area contributed by atoms with E-state index < -0.39 is 40.4 Å². The first kappa shape index (κ1) is 27.3. The summed E-state index contributed by atoms with van der Waals surface area (Å²) in [7, 11) is -1.29. The van der Waals surface area contributed by atoms with Crippen LogP contribution < -0.4 is 9.62 Å². The first-order chi connectivity index (χ1) is 16.0. The third-order valence-electron chi connectivity index (χ3n) is 5.53. The van der Waals surface area contributed by atoms with Gasteiger partial charge in [0, 0.05) is 32.2 Å². The normalized spacial score (nSPS) is 13.3. The number of rotatable bonds is 11. The van der Waals surface area contributed by atoms with Crippen molar-refractivity contribution in [2.45, 2.75) is 45.8 Å². The summed E-state index contributed by atoms with van der Waals surface area (Å²) in [5.41, 5.74) is 0.521. The SMILES string of the molecule is CC[C@@H](C)NC(=O)[C@H](C)N(Cc1ccccc1F)C(=O)CN(c1ccccc1)S(=O)(=O)N(C)C. The molecule has 34 heavy (non-hydrogen) atoms. The van der Waals surface area contributed by atoms with Gasteiger partial charge in [-0.05, 0) is 38.5 Å². The molecule has 0 fully saturated rings. The number of nitrogens with one attached hydrogen (secondary N) is 1. The van der Waals surface area contributed by atoms with Crippen LogP contribution in [-0.2, 0) is 26.3 Å². The maximum Gasteiger partial charge on any atom is 0.304 e. The molecule has 0 heterocycles. The third-order valence-corrected chi connectivity index (χ3v) is 7.35. The van der Waals surface area contributed by atoms with Crippen molar-refractivity contribution in [3.63, 3.8) is 0 Å². The van der Waals surface area contributed by atoms with Gasteiger partial charge in [0.1, 0.15) is 18.4 Å². The van der Waals surface area contributed by atoms with Crippen LogP contribution >= 0.6 is 0 Å². The molecule has 0 radical (unpaired) electrons. The molecule has 2 amide bonds. The maximum atomic E-state index is 14.4. The van der Waals surface area contributed by atoms with Crippen molar-refractivity contribution in [3.05, 3.63) is 66.0 Å². The molecule has 10 heteroatoms. The summed E-state index contributed by atoms with van der Waals surface area (Å²) in [6.07, 6.45) is 0.697. The van der Waals surface area contributed by atoms with Crippen LogP contribution in [0.4, 0.5) is 10.1 Å². The smallest absolute Gasteiger partial charge is 0.304 e. The number of carbonyl (C=O) groups is 2. The van der Waals surface area contributed by atoms with E-state index in [1.54, 1.807) is 43.3 Å². The van der Waals surface area contributed by atoms with E-state index >= 15 is 0 Å². The lowest BCUT2D eigenvalue weighted by Crippen LogP contribution is -2.53. The molecule has 186 valence electrons. The van der Waals surface area contributed by atoms with Gasteiger partial charge in [0.15, 0.2) is 0 Å². The van der Waals surface area contributed by atoms with Crippen molar-refractivity contribution in [2.24, 2.45) is 0 Å². The first-order valence-electron chi connectivity index (χ1n) is 11.1. The van der Waals surface area contributed by atoms with E-state index in [0.29, 0.717) is 12.1 Å². The Bertz CT molecular complexity index is 1080. The molecule has 2 rings (SSSR count). The molecule has 0 aromatic heterocycles. The van der Waals surface area contributed by atoms with Crippen LogP contribution in [0, 0.1) is 5.82 Å². The lowest BCUT2D eigenvalue weighted by molar-refractivity contribution is -0.139. The van der Waals surface area contributed by atoms with Crippen molar-refractivity contribution >= 4 is 27.7 Å². The number of halogens is 1. The molecule has 0 aliphatic heterocycles. The number of para-hydroxylation sites is 1. The maximum absolute atomic E-state index is 14.4. The van der Waals surface area contributed by atoms with Crippen molar-refractivity contribution in [2.75, 3.05) is 24.9 Å². The van der Waals surface area contributed by atoms with E-state index in [-0.39, 0.29) is 18.2 Å². The fourth-order valence-corrected chi connectivity index (χ4v) is 4.23. The number of anilines is 1. The molecular formula is C24H33FN4O4S. The largest absolute Gasteiger partial charge is 0.352 e. The molecule has 8 nitrogen and oxygen atoms in total. The highest BCUT2D eigenvalue weighted by Crippen LogP contribution is 2.21. The molecule has 1 N–H and O–H groups in total. The second-order valence-electron chi connectivity index (χ2n) is 8.24. The quantitative estimate of drug-likeness (QED) is 0.522.